The summed E-state index contributed by atoms with van der Waals surface area (Å²) in [6, 6.07) is 6.56. The lowest BCUT2D eigenvalue weighted by Crippen LogP contribution is -2.11. The number of rotatable bonds is 1. The minimum atomic E-state index is 0.137. The molecule has 0 saturated heterocycles. The van der Waals surface area contributed by atoms with Crippen LogP contribution in [0.3, 0.4) is 0 Å². The molecule has 3 nitrogen and oxygen atoms in total. The fraction of sp³-hybridized carbons (Fsp3) is 0.400. The third-order valence-corrected chi connectivity index (χ3v) is 3.26. The molecule has 0 aliphatic rings. The summed E-state index contributed by atoms with van der Waals surface area (Å²) in [6.07, 6.45) is 0. The van der Waals surface area contributed by atoms with Crippen molar-refractivity contribution in [2.24, 2.45) is 0 Å². The molecule has 18 heavy (non-hydrogen) atoms. The molecule has 0 atom stereocenters. The molecule has 0 fully saturated rings. The summed E-state index contributed by atoms with van der Waals surface area (Å²) in [4.78, 5) is 7.44. The highest BCUT2D eigenvalue weighted by molar-refractivity contribution is 5.68. The van der Waals surface area contributed by atoms with Crippen LogP contribution < -0.4 is 5.73 Å². The summed E-state index contributed by atoms with van der Waals surface area (Å²) in [5.41, 5.74) is 11.5. The van der Waals surface area contributed by atoms with Crippen molar-refractivity contribution in [1.82, 2.24) is 9.97 Å². The average molecular weight is 243 g/mol. The first-order chi connectivity index (χ1) is 8.29. The molecular formula is C15H21N3. The van der Waals surface area contributed by atoms with Gasteiger partial charge in [0.05, 0.1) is 5.69 Å². The number of nitrogens with one attached hydrogen (secondary N) is 1. The zero-order valence-electron chi connectivity index (χ0n) is 11.8. The van der Waals surface area contributed by atoms with Crippen LogP contribution in [-0.2, 0) is 5.41 Å². The van der Waals surface area contributed by atoms with Gasteiger partial charge in [0.15, 0.2) is 5.95 Å². The van der Waals surface area contributed by atoms with Gasteiger partial charge in [-0.1, -0.05) is 32.9 Å². The zero-order chi connectivity index (χ0) is 13.5. The molecule has 2 rings (SSSR count). The number of aromatic amines is 1. The first kappa shape index (κ1) is 12.7. The maximum absolute atomic E-state index is 5.72. The maximum Gasteiger partial charge on any atom is 0.198 e. The van der Waals surface area contributed by atoms with Gasteiger partial charge in [-0.3, -0.25) is 0 Å². The van der Waals surface area contributed by atoms with Gasteiger partial charge in [0.2, 0.25) is 0 Å². The molecule has 0 spiro atoms. The van der Waals surface area contributed by atoms with E-state index in [0.717, 1.165) is 17.0 Å². The molecule has 2 aromatic rings. The van der Waals surface area contributed by atoms with Crippen LogP contribution >= 0.6 is 0 Å². The number of aromatic nitrogens is 2. The lowest BCUT2D eigenvalue weighted by Gasteiger charge is -2.20. The van der Waals surface area contributed by atoms with E-state index < -0.39 is 0 Å². The van der Waals surface area contributed by atoms with Crippen LogP contribution in [0.15, 0.2) is 18.2 Å². The summed E-state index contributed by atoms with van der Waals surface area (Å²) in [6.45, 7) is 10.8. The van der Waals surface area contributed by atoms with Crippen molar-refractivity contribution in [2.75, 3.05) is 5.73 Å². The molecule has 1 aromatic carbocycles. The number of hydrogen-bond acceptors (Lipinski definition) is 2. The second kappa shape index (κ2) is 4.16. The van der Waals surface area contributed by atoms with E-state index in [-0.39, 0.29) is 5.41 Å². The Labute approximate surface area is 108 Å². The third kappa shape index (κ3) is 2.26. The van der Waals surface area contributed by atoms with Gasteiger partial charge in [-0.15, -0.1) is 0 Å². The highest BCUT2D eigenvalue weighted by Crippen LogP contribution is 2.31. The predicted octanol–water partition coefficient (Wildman–Crippen LogP) is 3.57. The second-order valence-corrected chi connectivity index (χ2v) is 5.88. The smallest absolute Gasteiger partial charge is 0.198 e. The van der Waals surface area contributed by atoms with Crippen LogP contribution in [-0.4, -0.2) is 9.97 Å². The lowest BCUT2D eigenvalue weighted by atomic mass is 9.85. The molecule has 1 aromatic heterocycles. The molecule has 3 N–H and O–H groups in total. The van der Waals surface area contributed by atoms with Gasteiger partial charge in [0.1, 0.15) is 0 Å². The number of anilines is 1. The Morgan fingerprint density at radius 1 is 1.17 bits per heavy atom. The molecule has 0 radical (unpaired) electrons. The van der Waals surface area contributed by atoms with Gasteiger partial charge in [-0.25, -0.2) is 4.98 Å². The normalized spacial score (nSPS) is 11.8. The molecule has 0 unspecified atom stereocenters. The minimum Gasteiger partial charge on any atom is -0.369 e. The van der Waals surface area contributed by atoms with Crippen molar-refractivity contribution in [3.63, 3.8) is 0 Å². The van der Waals surface area contributed by atoms with Crippen LogP contribution in [0.4, 0.5) is 5.95 Å². The molecule has 0 aliphatic heterocycles. The third-order valence-electron chi connectivity index (χ3n) is 3.26. The Bertz CT molecular complexity index is 574. The number of H-pyrrole nitrogens is 1. The Morgan fingerprint density at radius 2 is 1.83 bits per heavy atom. The number of benzene rings is 1. The van der Waals surface area contributed by atoms with Gasteiger partial charge in [0.25, 0.3) is 0 Å². The molecule has 0 bridgehead atoms. The van der Waals surface area contributed by atoms with Gasteiger partial charge in [-0.05, 0) is 36.5 Å². The second-order valence-electron chi connectivity index (χ2n) is 5.88. The van der Waals surface area contributed by atoms with Gasteiger partial charge >= 0.3 is 0 Å². The number of nitrogen functional groups attached to an aromatic ring is 1. The quantitative estimate of drug-likeness (QED) is 0.804. The minimum absolute atomic E-state index is 0.137. The van der Waals surface area contributed by atoms with Crippen LogP contribution in [0.1, 0.15) is 37.6 Å². The van der Waals surface area contributed by atoms with Crippen molar-refractivity contribution >= 4 is 5.95 Å². The van der Waals surface area contributed by atoms with Gasteiger partial charge in [0, 0.05) is 11.3 Å². The van der Waals surface area contributed by atoms with Crippen molar-refractivity contribution < 1.29 is 0 Å². The SMILES string of the molecule is Cc1ccc(C(C)(C)C)cc1-c1nc(N)[nH]c1C. The number of nitrogens with two attached hydrogens (primary N) is 1. The molecule has 3 heteroatoms. The monoisotopic (exact) mass is 243 g/mol. The van der Waals surface area contributed by atoms with Crippen molar-refractivity contribution in [2.45, 2.75) is 40.0 Å². The summed E-state index contributed by atoms with van der Waals surface area (Å²) in [5, 5.41) is 0. The molecule has 1 heterocycles. The Kier molecular flexibility index (Phi) is 2.93. The van der Waals surface area contributed by atoms with Crippen LogP contribution in [0.2, 0.25) is 0 Å². The predicted molar refractivity (Wildman–Crippen MR) is 76.6 cm³/mol. The van der Waals surface area contributed by atoms with Gasteiger partial charge in [-0.2, -0.15) is 0 Å². The summed E-state index contributed by atoms with van der Waals surface area (Å²) in [7, 11) is 0. The maximum atomic E-state index is 5.72. The van der Waals surface area contributed by atoms with Crippen LogP contribution in [0.25, 0.3) is 11.3 Å². The largest absolute Gasteiger partial charge is 0.369 e. The molecule has 0 saturated carbocycles. The Morgan fingerprint density at radius 3 is 2.33 bits per heavy atom. The Hall–Kier alpha value is -1.77. The van der Waals surface area contributed by atoms with Crippen molar-refractivity contribution in [1.29, 1.82) is 0 Å². The molecule has 0 amide bonds. The average Bonchev–Trinajstić information content (AvgIpc) is 2.56. The summed E-state index contributed by atoms with van der Waals surface area (Å²) < 4.78 is 0. The van der Waals surface area contributed by atoms with E-state index in [2.05, 4.69) is 55.9 Å². The van der Waals surface area contributed by atoms with E-state index >= 15 is 0 Å². The summed E-state index contributed by atoms with van der Waals surface area (Å²) in [5.74, 6) is 0.475. The van der Waals surface area contributed by atoms with Crippen LogP contribution in [0.5, 0.6) is 0 Å². The first-order valence-corrected chi connectivity index (χ1v) is 6.22. The zero-order valence-corrected chi connectivity index (χ0v) is 11.8. The highest BCUT2D eigenvalue weighted by Gasteiger charge is 2.17. The molecular weight excluding hydrogens is 222 g/mol. The first-order valence-electron chi connectivity index (χ1n) is 6.22. The van der Waals surface area contributed by atoms with E-state index in [1.54, 1.807) is 0 Å². The molecule has 96 valence electrons. The number of hydrogen-bond donors (Lipinski definition) is 2. The highest BCUT2D eigenvalue weighted by atomic mass is 15.0. The van der Waals surface area contributed by atoms with Gasteiger partial charge < -0.3 is 10.7 Å². The van der Waals surface area contributed by atoms with E-state index in [1.807, 2.05) is 6.92 Å². The van der Waals surface area contributed by atoms with Crippen LogP contribution in [0, 0.1) is 13.8 Å². The topological polar surface area (TPSA) is 54.7 Å². The lowest BCUT2D eigenvalue weighted by molar-refractivity contribution is 0.590. The van der Waals surface area contributed by atoms with E-state index in [0.29, 0.717) is 5.95 Å². The summed E-state index contributed by atoms with van der Waals surface area (Å²) >= 11 is 0. The number of imidazole rings is 1. The standard InChI is InChI=1S/C15H21N3/c1-9-6-7-11(15(3,4)5)8-12(9)13-10(2)17-14(16)18-13/h6-8H,1-5H3,(H3,16,17,18). The van der Waals surface area contributed by atoms with Crippen molar-refractivity contribution in [3.05, 3.63) is 35.0 Å². The Balaban J connectivity index is 2.60. The number of nitrogens with zero attached hydrogens (tertiary/aromatic N) is 1. The van der Waals surface area contributed by atoms with E-state index in [1.165, 1.54) is 11.1 Å². The number of aryl methyl sites for hydroxylation is 2. The fourth-order valence-corrected chi connectivity index (χ4v) is 2.09. The molecule has 0 aliphatic carbocycles. The van der Waals surface area contributed by atoms with Crippen molar-refractivity contribution in [3.8, 4) is 11.3 Å². The van der Waals surface area contributed by atoms with E-state index in [4.69, 9.17) is 5.73 Å². The fourth-order valence-electron chi connectivity index (χ4n) is 2.09. The van der Waals surface area contributed by atoms with E-state index in [9.17, 15) is 0 Å².